The summed E-state index contributed by atoms with van der Waals surface area (Å²) >= 11 is 1.36. The molecular weight excluding hydrogens is 344 g/mol. The molecule has 0 N–H and O–H groups in total. The minimum absolute atomic E-state index is 0.0996. The van der Waals surface area contributed by atoms with Crippen LogP contribution in [0, 0.1) is 0 Å². The molecule has 0 aromatic heterocycles. The molecule has 1 atom stereocenters. The first-order valence-electron chi connectivity index (χ1n) is 7.56. The van der Waals surface area contributed by atoms with Crippen molar-refractivity contribution < 1.29 is 23.8 Å². The Morgan fingerprint density at radius 2 is 1.96 bits per heavy atom. The summed E-state index contributed by atoms with van der Waals surface area (Å²) in [6.07, 6.45) is 0. The zero-order valence-corrected chi connectivity index (χ0v) is 15.2. The lowest BCUT2D eigenvalue weighted by atomic mass is 9.94. The molecule has 2 aliphatic rings. The van der Waals surface area contributed by atoms with Crippen molar-refractivity contribution in [1.29, 1.82) is 0 Å². The van der Waals surface area contributed by atoms with E-state index in [1.54, 1.807) is 37.1 Å². The number of fused-ring (bicyclic) bond motifs is 1. The predicted octanol–water partition coefficient (Wildman–Crippen LogP) is 2.14. The van der Waals surface area contributed by atoms with Crippen LogP contribution in [-0.4, -0.2) is 49.0 Å². The normalized spacial score (nSPS) is 19.5. The smallest absolute Gasteiger partial charge is 0.338 e. The number of nitrogens with zero attached hydrogens (tertiary/aromatic N) is 2. The molecule has 25 heavy (non-hydrogen) atoms. The van der Waals surface area contributed by atoms with E-state index in [0.29, 0.717) is 33.7 Å². The second-order valence-electron chi connectivity index (χ2n) is 5.45. The van der Waals surface area contributed by atoms with Crippen LogP contribution in [0.3, 0.4) is 0 Å². The number of methoxy groups -OCH3 is 3. The molecule has 2 aliphatic heterocycles. The third-order valence-electron chi connectivity index (χ3n) is 4.11. The van der Waals surface area contributed by atoms with Crippen molar-refractivity contribution in [1.82, 2.24) is 4.90 Å². The van der Waals surface area contributed by atoms with Gasteiger partial charge in [0.15, 0.2) is 16.7 Å². The van der Waals surface area contributed by atoms with Crippen LogP contribution in [0.4, 0.5) is 0 Å². The van der Waals surface area contributed by atoms with Crippen molar-refractivity contribution in [2.24, 2.45) is 4.99 Å². The number of amidine groups is 1. The Morgan fingerprint density at radius 3 is 2.60 bits per heavy atom. The molecule has 0 radical (unpaired) electrons. The van der Waals surface area contributed by atoms with Gasteiger partial charge in [0.2, 0.25) is 5.91 Å². The summed E-state index contributed by atoms with van der Waals surface area (Å²) in [6.45, 7) is 1.74. The number of hydrogen-bond donors (Lipinski definition) is 0. The van der Waals surface area contributed by atoms with Crippen LogP contribution < -0.4 is 9.47 Å². The number of ether oxygens (including phenoxy) is 3. The van der Waals surface area contributed by atoms with Gasteiger partial charge in [-0.15, -0.1) is 0 Å². The minimum Gasteiger partial charge on any atom is -0.493 e. The summed E-state index contributed by atoms with van der Waals surface area (Å²) in [5.74, 6) is 0.774. The molecular formula is C17H18N2O5S. The second-order valence-corrected chi connectivity index (χ2v) is 6.40. The molecule has 132 valence electrons. The lowest BCUT2D eigenvalue weighted by Gasteiger charge is -2.33. The molecule has 1 saturated heterocycles. The van der Waals surface area contributed by atoms with Crippen molar-refractivity contribution in [3.63, 3.8) is 0 Å². The summed E-state index contributed by atoms with van der Waals surface area (Å²) < 4.78 is 15.6. The molecule has 0 saturated carbocycles. The van der Waals surface area contributed by atoms with Crippen LogP contribution in [0.25, 0.3) is 0 Å². The highest BCUT2D eigenvalue weighted by atomic mass is 32.2. The van der Waals surface area contributed by atoms with Crippen molar-refractivity contribution in [3.8, 4) is 11.5 Å². The molecule has 1 aromatic carbocycles. The highest BCUT2D eigenvalue weighted by Crippen LogP contribution is 2.42. The second kappa shape index (κ2) is 6.79. The van der Waals surface area contributed by atoms with Gasteiger partial charge in [0.05, 0.1) is 44.4 Å². The number of esters is 1. The number of rotatable bonds is 4. The molecule has 7 nitrogen and oxygen atoms in total. The fraction of sp³-hybridized carbons (Fsp3) is 0.353. The van der Waals surface area contributed by atoms with Crippen LogP contribution in [-0.2, 0) is 14.3 Å². The quantitative estimate of drug-likeness (QED) is 0.764. The lowest BCUT2D eigenvalue weighted by molar-refractivity contribution is -0.137. The van der Waals surface area contributed by atoms with Crippen LogP contribution >= 0.6 is 11.8 Å². The maximum Gasteiger partial charge on any atom is 0.338 e. The first kappa shape index (κ1) is 17.3. The third kappa shape index (κ3) is 2.86. The van der Waals surface area contributed by atoms with E-state index in [4.69, 9.17) is 14.2 Å². The number of hydrogen-bond acceptors (Lipinski definition) is 7. The Bertz CT molecular complexity index is 802. The van der Waals surface area contributed by atoms with E-state index in [1.165, 1.54) is 26.0 Å². The Hall–Kier alpha value is -2.48. The minimum atomic E-state index is -0.609. The van der Waals surface area contributed by atoms with Crippen molar-refractivity contribution in [2.75, 3.05) is 27.1 Å². The molecule has 8 heteroatoms. The van der Waals surface area contributed by atoms with Crippen molar-refractivity contribution >= 4 is 28.8 Å². The van der Waals surface area contributed by atoms with E-state index in [9.17, 15) is 9.59 Å². The average molecular weight is 362 g/mol. The fourth-order valence-electron chi connectivity index (χ4n) is 2.95. The van der Waals surface area contributed by atoms with E-state index < -0.39 is 12.0 Å². The van der Waals surface area contributed by atoms with Crippen molar-refractivity contribution in [3.05, 3.63) is 35.0 Å². The maximum atomic E-state index is 12.4. The van der Waals surface area contributed by atoms with Gasteiger partial charge in [-0.1, -0.05) is 17.8 Å². The monoisotopic (exact) mass is 362 g/mol. The van der Waals surface area contributed by atoms with E-state index in [1.807, 2.05) is 0 Å². The molecule has 0 spiro atoms. The maximum absolute atomic E-state index is 12.4. The number of carbonyl (C=O) groups excluding carboxylic acids is 2. The van der Waals surface area contributed by atoms with Gasteiger partial charge in [-0.2, -0.15) is 0 Å². The van der Waals surface area contributed by atoms with Gasteiger partial charge in [-0.05, 0) is 24.6 Å². The van der Waals surface area contributed by atoms with E-state index in [2.05, 4.69) is 4.99 Å². The predicted molar refractivity (Wildman–Crippen MR) is 93.7 cm³/mol. The molecule has 0 unspecified atom stereocenters. The van der Waals surface area contributed by atoms with Crippen LogP contribution in [0.2, 0.25) is 0 Å². The molecule has 3 rings (SSSR count). The molecule has 1 fully saturated rings. The summed E-state index contributed by atoms with van der Waals surface area (Å²) in [5.41, 5.74) is 1.61. The fourth-order valence-corrected chi connectivity index (χ4v) is 3.89. The average Bonchev–Trinajstić information content (AvgIpc) is 2.99. The van der Waals surface area contributed by atoms with Gasteiger partial charge < -0.3 is 14.2 Å². The highest BCUT2D eigenvalue weighted by molar-refractivity contribution is 8.15. The SMILES string of the molecule is COC(=O)C1=C(C)N=C2SCC(=O)N2[C@H]1c1ccc(OC)c(OC)c1. The Balaban J connectivity index is 2.17. The van der Waals surface area contributed by atoms with Crippen LogP contribution in [0.5, 0.6) is 11.5 Å². The lowest BCUT2D eigenvalue weighted by Crippen LogP contribution is -2.39. The van der Waals surface area contributed by atoms with E-state index in [-0.39, 0.29) is 5.91 Å². The number of carbonyl (C=O) groups is 2. The Labute approximate surface area is 149 Å². The number of aliphatic imine (C=N–C) groups is 1. The molecule has 1 amide bonds. The third-order valence-corrected chi connectivity index (χ3v) is 5.05. The van der Waals surface area contributed by atoms with Crippen molar-refractivity contribution in [2.45, 2.75) is 13.0 Å². The molecule has 0 bridgehead atoms. The number of amides is 1. The Kier molecular flexibility index (Phi) is 4.71. The van der Waals surface area contributed by atoms with Gasteiger partial charge >= 0.3 is 5.97 Å². The number of thioether (sulfide) groups is 1. The molecule has 2 heterocycles. The van der Waals surface area contributed by atoms with Crippen LogP contribution in [0.15, 0.2) is 34.5 Å². The van der Waals surface area contributed by atoms with Gasteiger partial charge in [-0.3, -0.25) is 9.69 Å². The number of allylic oxidation sites excluding steroid dienone is 1. The zero-order chi connectivity index (χ0) is 18.1. The van der Waals surface area contributed by atoms with Gasteiger partial charge in [0.25, 0.3) is 0 Å². The number of benzene rings is 1. The van der Waals surface area contributed by atoms with Gasteiger partial charge in [0, 0.05) is 0 Å². The first-order valence-corrected chi connectivity index (χ1v) is 8.55. The standard InChI is InChI=1S/C17H18N2O5S/c1-9-14(16(21)24-4)15(19-13(20)8-25-17(19)18-9)10-5-6-11(22-2)12(7-10)23-3/h5-7,15H,8H2,1-4H3/t15-/m0/s1. The highest BCUT2D eigenvalue weighted by Gasteiger charge is 2.43. The van der Waals surface area contributed by atoms with E-state index in [0.717, 1.165) is 5.56 Å². The topological polar surface area (TPSA) is 77.4 Å². The van der Waals surface area contributed by atoms with Crippen LogP contribution in [0.1, 0.15) is 18.5 Å². The van der Waals surface area contributed by atoms with Gasteiger partial charge in [0.1, 0.15) is 0 Å². The van der Waals surface area contributed by atoms with Gasteiger partial charge in [-0.25, -0.2) is 9.79 Å². The summed E-state index contributed by atoms with van der Waals surface area (Å²) in [7, 11) is 4.40. The molecule has 0 aliphatic carbocycles. The summed E-state index contributed by atoms with van der Waals surface area (Å²) in [6, 6.07) is 4.71. The zero-order valence-electron chi connectivity index (χ0n) is 14.4. The summed E-state index contributed by atoms with van der Waals surface area (Å²) in [4.78, 5) is 30.8. The largest absolute Gasteiger partial charge is 0.493 e. The molecule has 1 aromatic rings. The van der Waals surface area contributed by atoms with E-state index >= 15 is 0 Å². The first-order chi connectivity index (χ1) is 12.0. The Morgan fingerprint density at radius 1 is 1.24 bits per heavy atom. The summed E-state index contributed by atoms with van der Waals surface area (Å²) in [5, 5.41) is 0.593.